The second-order valence-corrected chi connectivity index (χ2v) is 6.13. The van der Waals surface area contributed by atoms with E-state index in [1.807, 2.05) is 30.3 Å². The number of carbonyl (C=O) groups is 2. The third kappa shape index (κ3) is 3.88. The molecule has 0 unspecified atom stereocenters. The van der Waals surface area contributed by atoms with Crippen LogP contribution < -0.4 is 10.6 Å². The van der Waals surface area contributed by atoms with Crippen molar-refractivity contribution in [2.75, 3.05) is 6.54 Å². The molecule has 24 heavy (non-hydrogen) atoms. The molecule has 1 fully saturated rings. The number of H-pyrrole nitrogens is 1. The zero-order chi connectivity index (χ0) is 16.9. The predicted molar refractivity (Wildman–Crippen MR) is 90.8 cm³/mol. The number of hydrogen-bond acceptors (Lipinski definition) is 4. The van der Waals surface area contributed by atoms with Gasteiger partial charge in [0, 0.05) is 6.54 Å². The first-order chi connectivity index (χ1) is 11.6. The molecule has 0 saturated carbocycles. The minimum absolute atomic E-state index is 0.0732. The van der Waals surface area contributed by atoms with E-state index in [2.05, 4.69) is 20.8 Å². The lowest BCUT2D eigenvalue weighted by Crippen LogP contribution is -2.50. The van der Waals surface area contributed by atoms with Crippen molar-refractivity contribution in [1.29, 1.82) is 0 Å². The van der Waals surface area contributed by atoms with Gasteiger partial charge >= 0.3 is 0 Å². The van der Waals surface area contributed by atoms with Crippen LogP contribution >= 0.6 is 12.2 Å². The van der Waals surface area contributed by atoms with Crippen molar-refractivity contribution in [3.8, 4) is 0 Å². The highest BCUT2D eigenvalue weighted by Gasteiger charge is 2.24. The van der Waals surface area contributed by atoms with Crippen LogP contribution in [0.3, 0.4) is 0 Å². The molecule has 1 saturated heterocycles. The van der Waals surface area contributed by atoms with Gasteiger partial charge < -0.3 is 10.6 Å². The highest BCUT2D eigenvalue weighted by molar-refractivity contribution is 7.71. The molecule has 2 amide bonds. The molecule has 0 bridgehead atoms. The van der Waals surface area contributed by atoms with Crippen molar-refractivity contribution in [1.82, 2.24) is 25.4 Å². The number of rotatable bonds is 5. The maximum absolute atomic E-state index is 12.2. The first kappa shape index (κ1) is 16.4. The van der Waals surface area contributed by atoms with Crippen LogP contribution in [0.25, 0.3) is 0 Å². The molecular weight excluding hydrogens is 326 g/mol. The quantitative estimate of drug-likeness (QED) is 0.703. The molecule has 1 atom stereocenters. The number of aromatic amines is 1. The fraction of sp³-hybridized carbons (Fsp3) is 0.375. The van der Waals surface area contributed by atoms with Gasteiger partial charge in [0.2, 0.25) is 11.8 Å². The van der Waals surface area contributed by atoms with Crippen LogP contribution in [0.5, 0.6) is 0 Å². The van der Waals surface area contributed by atoms with Gasteiger partial charge in [-0.05, 0) is 30.6 Å². The molecule has 1 aliphatic heterocycles. The molecule has 0 spiro atoms. The van der Waals surface area contributed by atoms with Crippen LogP contribution in [-0.4, -0.2) is 39.2 Å². The van der Waals surface area contributed by atoms with Crippen LogP contribution in [0.4, 0.5) is 0 Å². The number of carbonyl (C=O) groups excluding carboxylic acids is 2. The standard InChI is InChI=1S/C16H19N5O2S/c22-14(18-12-7-4-8-17-15(12)23)9-13-19-20-16(24)21(13)10-11-5-2-1-3-6-11/h1-3,5-6,12H,4,7-10H2,(H,17,23)(H,18,22)(H,20,24)/t12-/m0/s1. The SMILES string of the molecule is O=C(Cc1n[nH]c(=S)n1Cc1ccccc1)N[C@H]1CCCNC1=O. The first-order valence-electron chi connectivity index (χ1n) is 7.88. The van der Waals surface area contributed by atoms with Gasteiger partial charge in [-0.3, -0.25) is 19.3 Å². The Morgan fingerprint density at radius 2 is 2.17 bits per heavy atom. The number of hydrogen-bond donors (Lipinski definition) is 3. The van der Waals surface area contributed by atoms with E-state index in [0.29, 0.717) is 30.1 Å². The Morgan fingerprint density at radius 3 is 2.92 bits per heavy atom. The van der Waals surface area contributed by atoms with E-state index in [1.165, 1.54) is 0 Å². The molecule has 3 rings (SSSR count). The van der Waals surface area contributed by atoms with Crippen molar-refractivity contribution < 1.29 is 9.59 Å². The molecule has 126 valence electrons. The molecule has 1 aromatic heterocycles. The second-order valence-electron chi connectivity index (χ2n) is 5.75. The van der Waals surface area contributed by atoms with Gasteiger partial charge in [-0.25, -0.2) is 0 Å². The maximum atomic E-state index is 12.2. The van der Waals surface area contributed by atoms with Crippen molar-refractivity contribution in [2.24, 2.45) is 0 Å². The monoisotopic (exact) mass is 345 g/mol. The highest BCUT2D eigenvalue weighted by Crippen LogP contribution is 2.08. The molecule has 0 radical (unpaired) electrons. The summed E-state index contributed by atoms with van der Waals surface area (Å²) in [6.07, 6.45) is 1.60. The lowest BCUT2D eigenvalue weighted by molar-refractivity contribution is -0.129. The number of piperidine rings is 1. The summed E-state index contributed by atoms with van der Waals surface area (Å²) < 4.78 is 2.27. The second kappa shape index (κ2) is 7.39. The van der Waals surface area contributed by atoms with Crippen LogP contribution in [-0.2, 0) is 22.6 Å². The van der Waals surface area contributed by atoms with Gasteiger partial charge in [-0.1, -0.05) is 30.3 Å². The van der Waals surface area contributed by atoms with E-state index in [4.69, 9.17) is 12.2 Å². The predicted octanol–water partition coefficient (Wildman–Crippen LogP) is 0.926. The topological polar surface area (TPSA) is 91.8 Å². The molecular formula is C16H19N5O2S. The number of amides is 2. The average molecular weight is 345 g/mol. The van der Waals surface area contributed by atoms with E-state index >= 15 is 0 Å². The number of nitrogens with zero attached hydrogens (tertiary/aromatic N) is 2. The van der Waals surface area contributed by atoms with Crippen molar-refractivity contribution in [3.05, 3.63) is 46.5 Å². The van der Waals surface area contributed by atoms with E-state index in [1.54, 1.807) is 4.57 Å². The lowest BCUT2D eigenvalue weighted by atomic mass is 10.1. The van der Waals surface area contributed by atoms with Crippen molar-refractivity contribution >= 4 is 24.0 Å². The summed E-state index contributed by atoms with van der Waals surface area (Å²) >= 11 is 5.25. The minimum Gasteiger partial charge on any atom is -0.354 e. The van der Waals surface area contributed by atoms with Crippen LogP contribution in [0.15, 0.2) is 30.3 Å². The van der Waals surface area contributed by atoms with Gasteiger partial charge in [-0.2, -0.15) is 5.10 Å². The zero-order valence-corrected chi connectivity index (χ0v) is 13.9. The van der Waals surface area contributed by atoms with Crippen molar-refractivity contribution in [2.45, 2.75) is 31.8 Å². The summed E-state index contributed by atoms with van der Waals surface area (Å²) in [5.74, 6) is 0.190. The summed E-state index contributed by atoms with van der Waals surface area (Å²) in [5, 5.41) is 12.4. The van der Waals surface area contributed by atoms with E-state index < -0.39 is 6.04 Å². The van der Waals surface area contributed by atoms with Gasteiger partial charge in [0.05, 0.1) is 13.0 Å². The summed E-state index contributed by atoms with van der Waals surface area (Å²) in [7, 11) is 0. The molecule has 8 heteroatoms. The van der Waals surface area contributed by atoms with E-state index in [-0.39, 0.29) is 18.2 Å². The zero-order valence-electron chi connectivity index (χ0n) is 13.1. The fourth-order valence-corrected chi connectivity index (χ4v) is 2.93. The third-order valence-corrected chi connectivity index (χ3v) is 4.27. The lowest BCUT2D eigenvalue weighted by Gasteiger charge is -2.22. The Morgan fingerprint density at radius 1 is 1.38 bits per heavy atom. The molecule has 7 nitrogen and oxygen atoms in total. The van der Waals surface area contributed by atoms with Gasteiger partial charge in [0.15, 0.2) is 4.77 Å². The highest BCUT2D eigenvalue weighted by atomic mass is 32.1. The summed E-state index contributed by atoms with van der Waals surface area (Å²) in [6, 6.07) is 9.37. The summed E-state index contributed by atoms with van der Waals surface area (Å²) in [4.78, 5) is 24.0. The van der Waals surface area contributed by atoms with Crippen molar-refractivity contribution in [3.63, 3.8) is 0 Å². The van der Waals surface area contributed by atoms with Crippen LogP contribution in [0, 0.1) is 4.77 Å². The van der Waals surface area contributed by atoms with Crippen LogP contribution in [0.1, 0.15) is 24.2 Å². The normalized spacial score (nSPS) is 17.3. The Labute approximate surface area is 144 Å². The molecule has 2 aromatic rings. The van der Waals surface area contributed by atoms with Gasteiger partial charge in [0.1, 0.15) is 11.9 Å². The van der Waals surface area contributed by atoms with Crippen LogP contribution in [0.2, 0.25) is 0 Å². The maximum Gasteiger partial charge on any atom is 0.242 e. The number of nitrogens with one attached hydrogen (secondary N) is 3. The van der Waals surface area contributed by atoms with E-state index in [9.17, 15) is 9.59 Å². The minimum atomic E-state index is -0.462. The first-order valence-corrected chi connectivity index (χ1v) is 8.29. The Hall–Kier alpha value is -2.48. The largest absolute Gasteiger partial charge is 0.354 e. The van der Waals surface area contributed by atoms with E-state index in [0.717, 1.165) is 12.0 Å². The fourth-order valence-electron chi connectivity index (χ4n) is 2.71. The average Bonchev–Trinajstić information content (AvgIpc) is 2.91. The Kier molecular flexibility index (Phi) is 5.05. The smallest absolute Gasteiger partial charge is 0.242 e. The molecule has 3 N–H and O–H groups in total. The molecule has 1 aliphatic rings. The molecule has 1 aromatic carbocycles. The number of aromatic nitrogens is 3. The summed E-state index contributed by atoms with van der Waals surface area (Å²) in [6.45, 7) is 1.21. The Bertz CT molecular complexity index is 783. The molecule has 2 heterocycles. The van der Waals surface area contributed by atoms with Gasteiger partial charge in [0.25, 0.3) is 0 Å². The number of benzene rings is 1. The Balaban J connectivity index is 1.68. The molecule has 0 aliphatic carbocycles. The van der Waals surface area contributed by atoms with Gasteiger partial charge in [-0.15, -0.1) is 0 Å². The summed E-state index contributed by atoms with van der Waals surface area (Å²) in [5.41, 5.74) is 1.07. The third-order valence-electron chi connectivity index (χ3n) is 3.96.